The molecule has 1 aliphatic rings. The van der Waals surface area contributed by atoms with E-state index in [0.29, 0.717) is 12.5 Å². The van der Waals surface area contributed by atoms with E-state index in [0.717, 1.165) is 43.1 Å². The molecular weight excluding hydrogens is 276 g/mol. The molecule has 0 aliphatic carbocycles. The van der Waals surface area contributed by atoms with E-state index in [1.807, 2.05) is 32.0 Å². The van der Waals surface area contributed by atoms with Crippen LogP contribution in [0.1, 0.15) is 36.7 Å². The van der Waals surface area contributed by atoms with Gasteiger partial charge in [0.15, 0.2) is 5.78 Å². The molecule has 1 N–H and O–H groups in total. The third-order valence-corrected chi connectivity index (χ3v) is 4.13. The summed E-state index contributed by atoms with van der Waals surface area (Å²) >= 11 is 0. The molecule has 0 amide bonds. The first-order valence-electron chi connectivity index (χ1n) is 8.21. The van der Waals surface area contributed by atoms with Gasteiger partial charge >= 0.3 is 0 Å². The molecular formula is C18H28N2O2. The molecule has 1 saturated heterocycles. The van der Waals surface area contributed by atoms with Gasteiger partial charge in [0.2, 0.25) is 0 Å². The number of nitrogens with one attached hydrogen (secondary N) is 1. The molecule has 1 unspecified atom stereocenters. The lowest BCUT2D eigenvalue weighted by Gasteiger charge is -2.32. The van der Waals surface area contributed by atoms with Gasteiger partial charge in [0.1, 0.15) is 5.75 Å². The summed E-state index contributed by atoms with van der Waals surface area (Å²) in [5, 5.41) is 3.32. The van der Waals surface area contributed by atoms with Gasteiger partial charge in [0.05, 0.1) is 12.6 Å². The van der Waals surface area contributed by atoms with Gasteiger partial charge < -0.3 is 10.1 Å². The molecule has 0 radical (unpaired) electrons. The van der Waals surface area contributed by atoms with Crippen LogP contribution in [-0.4, -0.2) is 49.5 Å². The van der Waals surface area contributed by atoms with Crippen molar-refractivity contribution in [2.24, 2.45) is 5.92 Å². The minimum Gasteiger partial charge on any atom is -0.493 e. The monoisotopic (exact) mass is 304 g/mol. The van der Waals surface area contributed by atoms with Crippen molar-refractivity contribution in [2.45, 2.75) is 33.7 Å². The molecule has 4 heteroatoms. The van der Waals surface area contributed by atoms with Crippen LogP contribution < -0.4 is 10.1 Å². The van der Waals surface area contributed by atoms with Crippen molar-refractivity contribution in [3.8, 4) is 5.75 Å². The highest BCUT2D eigenvalue weighted by atomic mass is 16.5. The summed E-state index contributed by atoms with van der Waals surface area (Å²) in [6.07, 6.45) is 0. The van der Waals surface area contributed by atoms with Gasteiger partial charge in [0.25, 0.3) is 0 Å². The average Bonchev–Trinajstić information content (AvgIpc) is 2.52. The number of aryl methyl sites for hydroxylation is 1. The number of carbonyl (C=O) groups is 1. The minimum absolute atomic E-state index is 0.0665. The second-order valence-electron chi connectivity index (χ2n) is 6.51. The van der Waals surface area contributed by atoms with Crippen molar-refractivity contribution >= 4 is 5.78 Å². The first kappa shape index (κ1) is 17.0. The molecule has 1 fully saturated rings. The lowest BCUT2D eigenvalue weighted by Crippen LogP contribution is -2.50. The van der Waals surface area contributed by atoms with E-state index in [1.54, 1.807) is 0 Å². The van der Waals surface area contributed by atoms with Crippen molar-refractivity contribution in [1.82, 2.24) is 10.2 Å². The molecule has 0 saturated carbocycles. The predicted octanol–water partition coefficient (Wildman–Crippen LogP) is 2.51. The Morgan fingerprint density at radius 2 is 1.95 bits per heavy atom. The molecule has 0 aromatic heterocycles. The van der Waals surface area contributed by atoms with Crippen LogP contribution in [-0.2, 0) is 0 Å². The number of piperazine rings is 1. The first-order valence-corrected chi connectivity index (χ1v) is 8.21. The number of ketones is 1. The van der Waals surface area contributed by atoms with Crippen molar-refractivity contribution in [1.29, 1.82) is 0 Å². The quantitative estimate of drug-likeness (QED) is 0.820. The Hall–Kier alpha value is -1.39. The molecule has 1 aliphatic heterocycles. The molecule has 122 valence electrons. The molecule has 2 rings (SSSR count). The lowest BCUT2D eigenvalue weighted by molar-refractivity contribution is 0.0819. The average molecular weight is 304 g/mol. The fraction of sp³-hybridized carbons (Fsp3) is 0.611. The maximum absolute atomic E-state index is 12.7. The number of carbonyl (C=O) groups excluding carboxylic acids is 1. The van der Waals surface area contributed by atoms with Crippen LogP contribution in [0.5, 0.6) is 5.75 Å². The summed E-state index contributed by atoms with van der Waals surface area (Å²) in [5.41, 5.74) is 1.80. The fourth-order valence-electron chi connectivity index (χ4n) is 2.73. The number of benzene rings is 1. The van der Waals surface area contributed by atoms with Crippen LogP contribution in [0.3, 0.4) is 0 Å². The van der Waals surface area contributed by atoms with E-state index in [-0.39, 0.29) is 11.8 Å². The van der Waals surface area contributed by atoms with E-state index in [1.165, 1.54) is 0 Å². The van der Waals surface area contributed by atoms with Crippen molar-refractivity contribution in [2.75, 3.05) is 32.8 Å². The van der Waals surface area contributed by atoms with Gasteiger partial charge in [0, 0.05) is 31.7 Å². The maximum Gasteiger partial charge on any atom is 0.179 e. The predicted molar refractivity (Wildman–Crippen MR) is 89.7 cm³/mol. The largest absolute Gasteiger partial charge is 0.493 e. The van der Waals surface area contributed by atoms with Crippen molar-refractivity contribution in [3.05, 3.63) is 29.3 Å². The van der Waals surface area contributed by atoms with Crippen LogP contribution in [0.2, 0.25) is 0 Å². The number of rotatable bonds is 6. The summed E-state index contributed by atoms with van der Waals surface area (Å²) in [6, 6.07) is 5.72. The molecule has 1 aromatic carbocycles. The zero-order valence-electron chi connectivity index (χ0n) is 14.2. The number of Topliss-reactive ketones (excluding diaryl/α,β-unsaturated/α-hetero) is 1. The van der Waals surface area contributed by atoms with Crippen molar-refractivity contribution in [3.63, 3.8) is 0 Å². The second-order valence-corrected chi connectivity index (χ2v) is 6.51. The summed E-state index contributed by atoms with van der Waals surface area (Å²) < 4.78 is 5.73. The van der Waals surface area contributed by atoms with Crippen LogP contribution >= 0.6 is 0 Å². The van der Waals surface area contributed by atoms with E-state index in [2.05, 4.69) is 24.1 Å². The first-order chi connectivity index (χ1) is 10.5. The summed E-state index contributed by atoms with van der Waals surface area (Å²) in [7, 11) is 0. The van der Waals surface area contributed by atoms with Crippen LogP contribution in [0, 0.1) is 12.8 Å². The molecule has 1 aromatic rings. The number of nitrogens with zero attached hydrogens (tertiary/aromatic N) is 1. The van der Waals surface area contributed by atoms with Gasteiger partial charge in [-0.15, -0.1) is 0 Å². The standard InChI is InChI=1S/C18H28N2O2/c1-13(2)12-22-16-5-6-17(14(3)11-16)18(21)15(4)20-9-7-19-8-10-20/h5-6,11,13,15,19H,7-10,12H2,1-4H3. The van der Waals surface area contributed by atoms with Gasteiger partial charge in [-0.2, -0.15) is 0 Å². The smallest absolute Gasteiger partial charge is 0.179 e. The zero-order chi connectivity index (χ0) is 16.1. The zero-order valence-corrected chi connectivity index (χ0v) is 14.2. The van der Waals surface area contributed by atoms with Crippen LogP contribution in [0.4, 0.5) is 0 Å². The Bertz CT molecular complexity index is 508. The molecule has 0 bridgehead atoms. The third-order valence-electron chi connectivity index (χ3n) is 4.13. The molecule has 4 nitrogen and oxygen atoms in total. The minimum atomic E-state index is -0.0665. The van der Waals surface area contributed by atoms with Crippen molar-refractivity contribution < 1.29 is 9.53 Å². The van der Waals surface area contributed by atoms with Crippen LogP contribution in [0.25, 0.3) is 0 Å². The topological polar surface area (TPSA) is 41.6 Å². The highest BCUT2D eigenvalue weighted by Crippen LogP contribution is 2.20. The normalized spacial score (nSPS) is 17.5. The van der Waals surface area contributed by atoms with Gasteiger partial charge in [-0.3, -0.25) is 9.69 Å². The molecule has 1 atom stereocenters. The third kappa shape index (κ3) is 4.31. The summed E-state index contributed by atoms with van der Waals surface area (Å²) in [5.74, 6) is 1.54. The highest BCUT2D eigenvalue weighted by Gasteiger charge is 2.24. The Morgan fingerprint density at radius 3 is 2.55 bits per heavy atom. The lowest BCUT2D eigenvalue weighted by atomic mass is 9.99. The van der Waals surface area contributed by atoms with Crippen LogP contribution in [0.15, 0.2) is 18.2 Å². The highest BCUT2D eigenvalue weighted by molar-refractivity contribution is 6.01. The Labute approximate surface area is 133 Å². The van der Waals surface area contributed by atoms with E-state index < -0.39 is 0 Å². The molecule has 1 heterocycles. The Balaban J connectivity index is 2.05. The van der Waals surface area contributed by atoms with Gasteiger partial charge in [-0.1, -0.05) is 13.8 Å². The second kappa shape index (κ2) is 7.75. The molecule has 0 spiro atoms. The number of hydrogen-bond donors (Lipinski definition) is 1. The van der Waals surface area contributed by atoms with Gasteiger partial charge in [-0.25, -0.2) is 0 Å². The number of ether oxygens (including phenoxy) is 1. The fourth-order valence-corrected chi connectivity index (χ4v) is 2.73. The van der Waals surface area contributed by atoms with Gasteiger partial charge in [-0.05, 0) is 43.5 Å². The van der Waals surface area contributed by atoms with E-state index in [4.69, 9.17) is 4.74 Å². The Morgan fingerprint density at radius 1 is 1.27 bits per heavy atom. The molecule has 22 heavy (non-hydrogen) atoms. The summed E-state index contributed by atoms with van der Waals surface area (Å²) in [6.45, 7) is 12.7. The Kier molecular flexibility index (Phi) is 5.98. The van der Waals surface area contributed by atoms with E-state index >= 15 is 0 Å². The SMILES string of the molecule is Cc1cc(OCC(C)C)ccc1C(=O)C(C)N1CCNCC1. The summed E-state index contributed by atoms with van der Waals surface area (Å²) in [4.78, 5) is 15.0. The van der Waals surface area contributed by atoms with E-state index in [9.17, 15) is 4.79 Å². The number of hydrogen-bond acceptors (Lipinski definition) is 4. The maximum atomic E-state index is 12.7.